The summed E-state index contributed by atoms with van der Waals surface area (Å²) in [6.07, 6.45) is 1.84. The van der Waals surface area contributed by atoms with Crippen LogP contribution in [0.15, 0.2) is 12.1 Å². The third-order valence-corrected chi connectivity index (χ3v) is 4.30. The van der Waals surface area contributed by atoms with Gasteiger partial charge in [-0.3, -0.25) is 0 Å². The highest BCUT2D eigenvalue weighted by molar-refractivity contribution is 5.51. The predicted molar refractivity (Wildman–Crippen MR) is 106 cm³/mol. The van der Waals surface area contributed by atoms with E-state index >= 15 is 0 Å². The summed E-state index contributed by atoms with van der Waals surface area (Å²) in [4.78, 5) is 0. The van der Waals surface area contributed by atoms with Gasteiger partial charge in [-0.15, -0.1) is 11.8 Å². The Morgan fingerprint density at radius 2 is 1.42 bits per heavy atom. The van der Waals surface area contributed by atoms with Gasteiger partial charge in [-0.05, 0) is 29.2 Å². The van der Waals surface area contributed by atoms with Crippen LogP contribution in [0.4, 0.5) is 0 Å². The monoisotopic (exact) mass is 328 g/mol. The average molecular weight is 329 g/mol. The highest BCUT2D eigenvalue weighted by Crippen LogP contribution is 2.42. The predicted octanol–water partition coefficient (Wildman–Crippen LogP) is 6.59. The van der Waals surface area contributed by atoms with Crippen molar-refractivity contribution in [3.8, 4) is 17.6 Å². The van der Waals surface area contributed by atoms with Gasteiger partial charge in [-0.1, -0.05) is 67.5 Å². The SMILES string of the molecule is CCC#CCC(C)c1cc(C(C)(C)C)c(OCC)c(C(C)(C)C)c1. The van der Waals surface area contributed by atoms with E-state index in [4.69, 9.17) is 4.74 Å². The van der Waals surface area contributed by atoms with E-state index < -0.39 is 0 Å². The molecule has 0 aliphatic rings. The van der Waals surface area contributed by atoms with E-state index in [-0.39, 0.29) is 10.8 Å². The molecule has 0 aliphatic carbocycles. The number of hydrogen-bond donors (Lipinski definition) is 0. The van der Waals surface area contributed by atoms with E-state index in [0.29, 0.717) is 12.5 Å². The molecule has 1 atom stereocenters. The first kappa shape index (κ1) is 20.6. The summed E-state index contributed by atoms with van der Waals surface area (Å²) in [5.41, 5.74) is 4.09. The molecule has 0 saturated carbocycles. The number of ether oxygens (including phenoxy) is 1. The molecule has 0 heterocycles. The normalized spacial score (nSPS) is 13.2. The molecular formula is C23H36O. The summed E-state index contributed by atoms with van der Waals surface area (Å²) in [6, 6.07) is 4.69. The summed E-state index contributed by atoms with van der Waals surface area (Å²) in [5, 5.41) is 0. The molecule has 1 aromatic rings. The Hall–Kier alpha value is -1.42. The number of benzene rings is 1. The van der Waals surface area contributed by atoms with Gasteiger partial charge in [0.15, 0.2) is 0 Å². The molecule has 1 nitrogen and oxygen atoms in total. The fourth-order valence-corrected chi connectivity index (χ4v) is 2.82. The second-order valence-electron chi connectivity index (χ2n) is 8.69. The van der Waals surface area contributed by atoms with Crippen molar-refractivity contribution in [1.82, 2.24) is 0 Å². The highest BCUT2D eigenvalue weighted by Gasteiger charge is 2.28. The minimum atomic E-state index is 0.0509. The van der Waals surface area contributed by atoms with Crippen LogP contribution >= 0.6 is 0 Å². The molecule has 0 fully saturated rings. The van der Waals surface area contributed by atoms with Crippen molar-refractivity contribution in [3.63, 3.8) is 0 Å². The summed E-state index contributed by atoms with van der Waals surface area (Å²) in [7, 11) is 0. The van der Waals surface area contributed by atoms with Crippen LogP contribution in [-0.4, -0.2) is 6.61 Å². The van der Waals surface area contributed by atoms with Crippen molar-refractivity contribution in [2.45, 2.75) is 91.9 Å². The van der Waals surface area contributed by atoms with Crippen LogP contribution in [0.1, 0.15) is 97.8 Å². The topological polar surface area (TPSA) is 9.23 Å². The molecule has 1 rings (SSSR count). The lowest BCUT2D eigenvalue weighted by Gasteiger charge is -2.31. The number of rotatable bonds is 4. The molecule has 0 aliphatic heterocycles. The smallest absolute Gasteiger partial charge is 0.126 e. The van der Waals surface area contributed by atoms with E-state index in [0.717, 1.165) is 18.6 Å². The zero-order valence-corrected chi connectivity index (χ0v) is 17.3. The van der Waals surface area contributed by atoms with Gasteiger partial charge in [-0.25, -0.2) is 0 Å². The van der Waals surface area contributed by atoms with Crippen LogP contribution in [0.25, 0.3) is 0 Å². The Labute approximate surface area is 150 Å². The molecule has 1 unspecified atom stereocenters. The van der Waals surface area contributed by atoms with Crippen LogP contribution in [0.5, 0.6) is 5.75 Å². The second kappa shape index (κ2) is 8.11. The van der Waals surface area contributed by atoms with Gasteiger partial charge in [0, 0.05) is 24.0 Å². The molecule has 1 aromatic carbocycles. The molecular weight excluding hydrogens is 292 g/mol. The quantitative estimate of drug-likeness (QED) is 0.567. The van der Waals surface area contributed by atoms with Crippen LogP contribution in [0.2, 0.25) is 0 Å². The minimum Gasteiger partial charge on any atom is -0.493 e. The fourth-order valence-electron chi connectivity index (χ4n) is 2.82. The van der Waals surface area contributed by atoms with E-state index in [1.54, 1.807) is 0 Å². The first-order chi connectivity index (χ1) is 11.0. The van der Waals surface area contributed by atoms with Crippen molar-refractivity contribution >= 4 is 0 Å². The first-order valence-electron chi connectivity index (χ1n) is 9.29. The zero-order valence-electron chi connectivity index (χ0n) is 17.3. The summed E-state index contributed by atoms with van der Waals surface area (Å²) >= 11 is 0. The molecule has 0 spiro atoms. The summed E-state index contributed by atoms with van der Waals surface area (Å²) < 4.78 is 6.13. The Bertz CT molecular complexity index is 565. The Morgan fingerprint density at radius 1 is 0.917 bits per heavy atom. The van der Waals surface area contributed by atoms with Gasteiger partial charge in [0.1, 0.15) is 5.75 Å². The summed E-state index contributed by atoms with van der Waals surface area (Å²) in [6.45, 7) is 20.7. The average Bonchev–Trinajstić information content (AvgIpc) is 2.45. The molecule has 134 valence electrons. The lowest BCUT2D eigenvalue weighted by Crippen LogP contribution is -2.20. The van der Waals surface area contributed by atoms with E-state index in [9.17, 15) is 0 Å². The van der Waals surface area contributed by atoms with E-state index in [1.165, 1.54) is 16.7 Å². The Kier molecular flexibility index (Phi) is 6.97. The van der Waals surface area contributed by atoms with Crippen molar-refractivity contribution in [2.24, 2.45) is 0 Å². The number of hydrogen-bond acceptors (Lipinski definition) is 1. The maximum atomic E-state index is 6.13. The second-order valence-corrected chi connectivity index (χ2v) is 8.69. The molecule has 0 saturated heterocycles. The maximum absolute atomic E-state index is 6.13. The standard InChI is InChI=1S/C23H36O/c1-10-12-13-14-17(3)18-15-19(22(4,5)6)21(24-11-2)20(16-18)23(7,8)9/h15-17H,10-11,14H2,1-9H3. The van der Waals surface area contributed by atoms with Crippen molar-refractivity contribution in [2.75, 3.05) is 6.61 Å². The van der Waals surface area contributed by atoms with E-state index in [1.807, 2.05) is 0 Å². The van der Waals surface area contributed by atoms with Crippen LogP contribution in [-0.2, 0) is 10.8 Å². The van der Waals surface area contributed by atoms with Gasteiger partial charge in [-0.2, -0.15) is 0 Å². The van der Waals surface area contributed by atoms with Crippen LogP contribution < -0.4 is 4.74 Å². The highest BCUT2D eigenvalue weighted by atomic mass is 16.5. The van der Waals surface area contributed by atoms with Crippen molar-refractivity contribution in [1.29, 1.82) is 0 Å². The molecule has 1 heteroatoms. The lowest BCUT2D eigenvalue weighted by molar-refractivity contribution is 0.319. The largest absolute Gasteiger partial charge is 0.493 e. The molecule has 0 radical (unpaired) electrons. The molecule has 0 N–H and O–H groups in total. The van der Waals surface area contributed by atoms with Gasteiger partial charge in [0.2, 0.25) is 0 Å². The minimum absolute atomic E-state index is 0.0509. The van der Waals surface area contributed by atoms with Gasteiger partial charge in [0.05, 0.1) is 6.61 Å². The van der Waals surface area contributed by atoms with Gasteiger partial charge >= 0.3 is 0 Å². The Balaban J connectivity index is 3.53. The van der Waals surface area contributed by atoms with Crippen molar-refractivity contribution in [3.05, 3.63) is 28.8 Å². The van der Waals surface area contributed by atoms with E-state index in [2.05, 4.69) is 86.3 Å². The van der Waals surface area contributed by atoms with Gasteiger partial charge < -0.3 is 4.74 Å². The zero-order chi connectivity index (χ0) is 18.5. The molecule has 0 amide bonds. The van der Waals surface area contributed by atoms with Crippen LogP contribution in [0.3, 0.4) is 0 Å². The molecule has 0 aromatic heterocycles. The third-order valence-electron chi connectivity index (χ3n) is 4.30. The van der Waals surface area contributed by atoms with Gasteiger partial charge in [0.25, 0.3) is 0 Å². The van der Waals surface area contributed by atoms with Crippen molar-refractivity contribution < 1.29 is 4.74 Å². The van der Waals surface area contributed by atoms with Crippen LogP contribution in [0, 0.1) is 11.8 Å². The first-order valence-corrected chi connectivity index (χ1v) is 9.29. The maximum Gasteiger partial charge on any atom is 0.126 e. The third kappa shape index (κ3) is 5.30. The fraction of sp³-hybridized carbons (Fsp3) is 0.652. The molecule has 0 bridgehead atoms. The Morgan fingerprint density at radius 3 is 1.79 bits per heavy atom. The lowest BCUT2D eigenvalue weighted by atomic mass is 9.77. The molecule has 24 heavy (non-hydrogen) atoms. The summed E-state index contributed by atoms with van der Waals surface area (Å²) in [5.74, 6) is 8.01.